The van der Waals surface area contributed by atoms with Crippen LogP contribution in [0, 0.1) is 0 Å². The van der Waals surface area contributed by atoms with Crippen molar-refractivity contribution in [1.82, 2.24) is 15.1 Å². The predicted octanol–water partition coefficient (Wildman–Crippen LogP) is 1.01. The van der Waals surface area contributed by atoms with Gasteiger partial charge in [0, 0.05) is 44.8 Å². The molecule has 0 bridgehead atoms. The molecule has 90 valence electrons. The van der Waals surface area contributed by atoms with Crippen LogP contribution >= 0.6 is 0 Å². The molecule has 1 fully saturated rings. The standard InChI is InChI=1S/C12H27N3/c1-5-12(2,3)13-6-7-15-10-8-14(4)9-11-15/h13H,5-11H2,1-4H3. The molecule has 3 nitrogen and oxygen atoms in total. The second kappa shape index (κ2) is 5.83. The van der Waals surface area contributed by atoms with Gasteiger partial charge in [0.2, 0.25) is 0 Å². The van der Waals surface area contributed by atoms with Gasteiger partial charge in [0.25, 0.3) is 0 Å². The molecule has 0 unspecified atom stereocenters. The maximum absolute atomic E-state index is 3.61. The summed E-state index contributed by atoms with van der Waals surface area (Å²) in [5.74, 6) is 0. The van der Waals surface area contributed by atoms with Crippen LogP contribution in [0.1, 0.15) is 27.2 Å². The van der Waals surface area contributed by atoms with Gasteiger partial charge in [-0.2, -0.15) is 0 Å². The van der Waals surface area contributed by atoms with Crippen LogP contribution in [0.3, 0.4) is 0 Å². The van der Waals surface area contributed by atoms with E-state index < -0.39 is 0 Å². The second-order valence-electron chi connectivity index (χ2n) is 5.31. The van der Waals surface area contributed by atoms with Gasteiger partial charge in [-0.1, -0.05) is 6.92 Å². The van der Waals surface area contributed by atoms with E-state index in [1.54, 1.807) is 0 Å². The Balaban J connectivity index is 2.10. The summed E-state index contributed by atoms with van der Waals surface area (Å²) in [6, 6.07) is 0. The lowest BCUT2D eigenvalue weighted by Gasteiger charge is -2.33. The van der Waals surface area contributed by atoms with Gasteiger partial charge in [-0.05, 0) is 27.3 Å². The number of hydrogen-bond acceptors (Lipinski definition) is 3. The highest BCUT2D eigenvalue weighted by Crippen LogP contribution is 2.06. The molecule has 1 rings (SSSR count). The zero-order chi connectivity index (χ0) is 11.3. The first-order valence-electron chi connectivity index (χ1n) is 6.19. The van der Waals surface area contributed by atoms with Crippen molar-refractivity contribution >= 4 is 0 Å². The zero-order valence-corrected chi connectivity index (χ0v) is 10.8. The van der Waals surface area contributed by atoms with E-state index in [1.807, 2.05) is 0 Å². The van der Waals surface area contributed by atoms with E-state index in [0.717, 1.165) is 6.54 Å². The van der Waals surface area contributed by atoms with Crippen LogP contribution in [-0.2, 0) is 0 Å². The average Bonchev–Trinajstić information content (AvgIpc) is 2.21. The van der Waals surface area contributed by atoms with Crippen molar-refractivity contribution in [2.24, 2.45) is 0 Å². The van der Waals surface area contributed by atoms with E-state index in [2.05, 4.69) is 42.9 Å². The first-order chi connectivity index (χ1) is 7.03. The Labute approximate surface area is 94.8 Å². The summed E-state index contributed by atoms with van der Waals surface area (Å²) < 4.78 is 0. The summed E-state index contributed by atoms with van der Waals surface area (Å²) in [5.41, 5.74) is 0.298. The van der Waals surface area contributed by atoms with Crippen LogP contribution < -0.4 is 5.32 Å². The average molecular weight is 213 g/mol. The third-order valence-electron chi connectivity index (χ3n) is 3.51. The van der Waals surface area contributed by atoms with Crippen molar-refractivity contribution < 1.29 is 0 Å². The van der Waals surface area contributed by atoms with Crippen LogP contribution in [0.15, 0.2) is 0 Å². The Hall–Kier alpha value is -0.120. The number of likely N-dealkylation sites (N-methyl/N-ethyl adjacent to an activating group) is 1. The van der Waals surface area contributed by atoms with Crippen molar-refractivity contribution in [2.75, 3.05) is 46.3 Å². The molecule has 0 amide bonds. The van der Waals surface area contributed by atoms with Gasteiger partial charge < -0.3 is 10.2 Å². The van der Waals surface area contributed by atoms with Crippen LogP contribution in [0.4, 0.5) is 0 Å². The fourth-order valence-electron chi connectivity index (χ4n) is 1.75. The van der Waals surface area contributed by atoms with Crippen LogP contribution in [0.25, 0.3) is 0 Å². The maximum Gasteiger partial charge on any atom is 0.0123 e. The Bertz CT molecular complexity index is 172. The van der Waals surface area contributed by atoms with E-state index in [0.29, 0.717) is 5.54 Å². The summed E-state index contributed by atoms with van der Waals surface area (Å²) >= 11 is 0. The van der Waals surface area contributed by atoms with E-state index in [1.165, 1.54) is 39.1 Å². The van der Waals surface area contributed by atoms with Gasteiger partial charge in [0.05, 0.1) is 0 Å². The van der Waals surface area contributed by atoms with Crippen molar-refractivity contribution in [2.45, 2.75) is 32.7 Å². The predicted molar refractivity (Wildman–Crippen MR) is 66.3 cm³/mol. The lowest BCUT2D eigenvalue weighted by molar-refractivity contribution is 0.151. The summed E-state index contributed by atoms with van der Waals surface area (Å²) in [5, 5.41) is 3.61. The van der Waals surface area contributed by atoms with Crippen molar-refractivity contribution in [3.63, 3.8) is 0 Å². The molecule has 0 aromatic carbocycles. The second-order valence-corrected chi connectivity index (χ2v) is 5.31. The molecule has 0 aliphatic carbocycles. The molecule has 0 atom stereocenters. The Morgan fingerprint density at radius 1 is 1.13 bits per heavy atom. The minimum Gasteiger partial charge on any atom is -0.311 e. The molecule has 0 spiro atoms. The van der Waals surface area contributed by atoms with E-state index in [4.69, 9.17) is 0 Å². The molecule has 3 heteroatoms. The third kappa shape index (κ3) is 4.96. The highest BCUT2D eigenvalue weighted by molar-refractivity contribution is 4.77. The first-order valence-corrected chi connectivity index (χ1v) is 6.19. The SMILES string of the molecule is CCC(C)(C)NCCN1CCN(C)CC1. The monoisotopic (exact) mass is 213 g/mol. The van der Waals surface area contributed by atoms with Gasteiger partial charge in [-0.25, -0.2) is 0 Å². The largest absolute Gasteiger partial charge is 0.311 e. The lowest BCUT2D eigenvalue weighted by atomic mass is 10.0. The molecule has 1 saturated heterocycles. The molecular weight excluding hydrogens is 186 g/mol. The van der Waals surface area contributed by atoms with Gasteiger partial charge in [0.1, 0.15) is 0 Å². The summed E-state index contributed by atoms with van der Waals surface area (Å²) in [6.07, 6.45) is 1.19. The van der Waals surface area contributed by atoms with Crippen LogP contribution in [0.2, 0.25) is 0 Å². The molecule has 1 aliphatic rings. The molecule has 0 saturated carbocycles. The molecular formula is C12H27N3. The van der Waals surface area contributed by atoms with Crippen LogP contribution in [-0.4, -0.2) is 61.7 Å². The summed E-state index contributed by atoms with van der Waals surface area (Å²) in [4.78, 5) is 4.96. The van der Waals surface area contributed by atoms with Gasteiger partial charge in [-0.15, -0.1) is 0 Å². The fraction of sp³-hybridized carbons (Fsp3) is 1.00. The summed E-state index contributed by atoms with van der Waals surface area (Å²) in [6.45, 7) is 14.0. The molecule has 1 N–H and O–H groups in total. The van der Waals surface area contributed by atoms with Crippen molar-refractivity contribution in [1.29, 1.82) is 0 Å². The van der Waals surface area contributed by atoms with Crippen molar-refractivity contribution in [3.8, 4) is 0 Å². The molecule has 1 heterocycles. The molecule has 0 aromatic heterocycles. The van der Waals surface area contributed by atoms with Crippen LogP contribution in [0.5, 0.6) is 0 Å². The Morgan fingerprint density at radius 3 is 2.27 bits per heavy atom. The quantitative estimate of drug-likeness (QED) is 0.735. The smallest absolute Gasteiger partial charge is 0.0123 e. The number of nitrogens with one attached hydrogen (secondary N) is 1. The number of rotatable bonds is 5. The highest BCUT2D eigenvalue weighted by Gasteiger charge is 2.16. The highest BCUT2D eigenvalue weighted by atomic mass is 15.2. The Morgan fingerprint density at radius 2 is 1.73 bits per heavy atom. The lowest BCUT2D eigenvalue weighted by Crippen LogP contribution is -2.48. The fourth-order valence-corrected chi connectivity index (χ4v) is 1.75. The number of piperazine rings is 1. The van der Waals surface area contributed by atoms with E-state index in [9.17, 15) is 0 Å². The van der Waals surface area contributed by atoms with Crippen molar-refractivity contribution in [3.05, 3.63) is 0 Å². The van der Waals surface area contributed by atoms with E-state index in [-0.39, 0.29) is 0 Å². The zero-order valence-electron chi connectivity index (χ0n) is 10.8. The topological polar surface area (TPSA) is 18.5 Å². The molecule has 0 radical (unpaired) electrons. The van der Waals surface area contributed by atoms with Gasteiger partial charge >= 0.3 is 0 Å². The summed E-state index contributed by atoms with van der Waals surface area (Å²) in [7, 11) is 2.20. The number of nitrogens with zero attached hydrogens (tertiary/aromatic N) is 2. The molecule has 15 heavy (non-hydrogen) atoms. The Kier molecular flexibility index (Phi) is 5.03. The minimum absolute atomic E-state index is 0.298. The van der Waals surface area contributed by atoms with Gasteiger partial charge in [-0.3, -0.25) is 4.90 Å². The molecule has 1 aliphatic heterocycles. The normalized spacial score (nSPS) is 20.8. The molecule has 0 aromatic rings. The minimum atomic E-state index is 0.298. The number of hydrogen-bond donors (Lipinski definition) is 1. The van der Waals surface area contributed by atoms with Gasteiger partial charge in [0.15, 0.2) is 0 Å². The maximum atomic E-state index is 3.61. The third-order valence-corrected chi connectivity index (χ3v) is 3.51. The van der Waals surface area contributed by atoms with E-state index >= 15 is 0 Å². The first kappa shape index (κ1) is 12.9.